The Kier molecular flexibility index (Phi) is 3.73. The van der Waals surface area contributed by atoms with Gasteiger partial charge in [-0.15, -0.1) is 0 Å². The van der Waals surface area contributed by atoms with Crippen molar-refractivity contribution in [1.82, 2.24) is 15.0 Å². The van der Waals surface area contributed by atoms with Crippen molar-refractivity contribution in [2.75, 3.05) is 6.54 Å². The second-order valence-electron chi connectivity index (χ2n) is 4.30. The maximum Gasteiger partial charge on any atom is 0.304 e. The summed E-state index contributed by atoms with van der Waals surface area (Å²) < 4.78 is 5.12. The first-order valence-corrected chi connectivity index (χ1v) is 5.96. The van der Waals surface area contributed by atoms with Gasteiger partial charge in [-0.05, 0) is 12.8 Å². The zero-order valence-electron chi connectivity index (χ0n) is 9.93. The quantitative estimate of drug-likeness (QED) is 0.766. The van der Waals surface area contributed by atoms with Crippen LogP contribution in [0.25, 0.3) is 0 Å². The maximum atomic E-state index is 10.6. The molecular weight excluding hydrogens is 222 g/mol. The molecule has 0 aliphatic heterocycles. The van der Waals surface area contributed by atoms with Crippen LogP contribution in [0, 0.1) is 0 Å². The Balaban J connectivity index is 1.90. The van der Waals surface area contributed by atoms with Gasteiger partial charge in [-0.25, -0.2) is 0 Å². The largest absolute Gasteiger partial charge is 0.481 e. The highest BCUT2D eigenvalue weighted by atomic mass is 16.5. The zero-order chi connectivity index (χ0) is 12.3. The summed E-state index contributed by atoms with van der Waals surface area (Å²) in [6, 6.07) is 0.492. The van der Waals surface area contributed by atoms with Gasteiger partial charge >= 0.3 is 5.97 Å². The van der Waals surface area contributed by atoms with Crippen molar-refractivity contribution < 1.29 is 14.4 Å². The number of carboxylic acids is 1. The van der Waals surface area contributed by atoms with Gasteiger partial charge in [0.15, 0.2) is 5.82 Å². The Bertz CT molecular complexity index is 387. The van der Waals surface area contributed by atoms with Crippen molar-refractivity contribution in [1.29, 1.82) is 0 Å². The van der Waals surface area contributed by atoms with Crippen LogP contribution in [-0.2, 0) is 17.8 Å². The molecule has 1 aromatic rings. The second kappa shape index (κ2) is 5.27. The fourth-order valence-corrected chi connectivity index (χ4v) is 1.74. The standard InChI is InChI=1S/C11H17N3O3/c1-2-9-12-10(17-13-9)7-14(8-3-4-8)6-5-11(15)16/h8H,2-7H2,1H3,(H,15,16). The van der Waals surface area contributed by atoms with Gasteiger partial charge in [0.1, 0.15) is 0 Å². The van der Waals surface area contributed by atoms with E-state index in [2.05, 4.69) is 15.0 Å². The van der Waals surface area contributed by atoms with Crippen molar-refractivity contribution in [2.45, 2.75) is 45.2 Å². The van der Waals surface area contributed by atoms with E-state index in [0.29, 0.717) is 30.8 Å². The van der Waals surface area contributed by atoms with E-state index in [1.54, 1.807) is 0 Å². The molecule has 0 amide bonds. The van der Waals surface area contributed by atoms with Gasteiger partial charge in [-0.3, -0.25) is 9.69 Å². The molecule has 17 heavy (non-hydrogen) atoms. The molecule has 0 saturated heterocycles. The van der Waals surface area contributed by atoms with Crippen LogP contribution < -0.4 is 0 Å². The zero-order valence-corrected chi connectivity index (χ0v) is 9.93. The summed E-state index contributed by atoms with van der Waals surface area (Å²) in [6.07, 6.45) is 3.18. The molecule has 0 atom stereocenters. The van der Waals surface area contributed by atoms with Gasteiger partial charge in [0, 0.05) is 19.0 Å². The summed E-state index contributed by atoms with van der Waals surface area (Å²) in [5, 5.41) is 12.5. The molecule has 0 radical (unpaired) electrons. The normalized spacial score (nSPS) is 15.4. The lowest BCUT2D eigenvalue weighted by molar-refractivity contribution is -0.137. The highest BCUT2D eigenvalue weighted by molar-refractivity contribution is 5.66. The van der Waals surface area contributed by atoms with E-state index in [-0.39, 0.29) is 6.42 Å². The summed E-state index contributed by atoms with van der Waals surface area (Å²) >= 11 is 0. The lowest BCUT2D eigenvalue weighted by Gasteiger charge is -2.18. The Morgan fingerprint density at radius 3 is 2.88 bits per heavy atom. The van der Waals surface area contributed by atoms with Crippen LogP contribution in [0.1, 0.15) is 37.9 Å². The lowest BCUT2D eigenvalue weighted by atomic mass is 10.3. The molecular formula is C11H17N3O3. The SMILES string of the molecule is CCc1noc(CN(CCC(=O)O)C2CC2)n1. The molecule has 1 heterocycles. The van der Waals surface area contributed by atoms with Crippen LogP contribution in [0.4, 0.5) is 0 Å². The number of aryl methyl sites for hydroxylation is 1. The summed E-state index contributed by atoms with van der Waals surface area (Å²) in [6.45, 7) is 3.08. The highest BCUT2D eigenvalue weighted by Gasteiger charge is 2.30. The third kappa shape index (κ3) is 3.52. The molecule has 0 aromatic carbocycles. The van der Waals surface area contributed by atoms with E-state index in [1.807, 2.05) is 6.92 Å². The Labute approximate surface area is 99.6 Å². The van der Waals surface area contributed by atoms with E-state index in [4.69, 9.17) is 9.63 Å². The average Bonchev–Trinajstić information content (AvgIpc) is 3.04. The maximum absolute atomic E-state index is 10.6. The fourth-order valence-electron chi connectivity index (χ4n) is 1.74. The molecule has 6 nitrogen and oxygen atoms in total. The van der Waals surface area contributed by atoms with Crippen LogP contribution >= 0.6 is 0 Å². The number of carboxylic acid groups (broad SMARTS) is 1. The smallest absolute Gasteiger partial charge is 0.304 e. The number of rotatable bonds is 7. The summed E-state index contributed by atoms with van der Waals surface area (Å²) in [5.41, 5.74) is 0. The molecule has 0 spiro atoms. The van der Waals surface area contributed by atoms with E-state index in [0.717, 1.165) is 19.3 Å². The Morgan fingerprint density at radius 1 is 1.59 bits per heavy atom. The summed E-state index contributed by atoms with van der Waals surface area (Å²) in [4.78, 5) is 16.9. The van der Waals surface area contributed by atoms with Crippen molar-refractivity contribution in [3.05, 3.63) is 11.7 Å². The van der Waals surface area contributed by atoms with E-state index < -0.39 is 5.97 Å². The lowest BCUT2D eigenvalue weighted by Crippen LogP contribution is -2.28. The molecule has 1 aliphatic rings. The van der Waals surface area contributed by atoms with Crippen LogP contribution in [0.5, 0.6) is 0 Å². The van der Waals surface area contributed by atoms with Gasteiger partial charge in [-0.2, -0.15) is 4.98 Å². The first kappa shape index (κ1) is 12.0. The van der Waals surface area contributed by atoms with Gasteiger partial charge in [-0.1, -0.05) is 12.1 Å². The number of nitrogens with zero attached hydrogens (tertiary/aromatic N) is 3. The minimum absolute atomic E-state index is 0.158. The third-order valence-electron chi connectivity index (χ3n) is 2.84. The first-order chi connectivity index (χ1) is 8.19. The molecule has 6 heteroatoms. The highest BCUT2D eigenvalue weighted by Crippen LogP contribution is 2.28. The third-order valence-corrected chi connectivity index (χ3v) is 2.84. The Hall–Kier alpha value is -1.43. The molecule has 94 valence electrons. The van der Waals surface area contributed by atoms with Crippen LogP contribution in [0.2, 0.25) is 0 Å². The number of carbonyl (C=O) groups is 1. The van der Waals surface area contributed by atoms with E-state index in [9.17, 15) is 4.79 Å². The molecule has 1 fully saturated rings. The molecule has 1 N–H and O–H groups in total. The van der Waals surface area contributed by atoms with Gasteiger partial charge in [0.05, 0.1) is 13.0 Å². The molecule has 1 aliphatic carbocycles. The van der Waals surface area contributed by atoms with Gasteiger partial charge in [0.25, 0.3) is 0 Å². The van der Waals surface area contributed by atoms with E-state index in [1.165, 1.54) is 0 Å². The van der Waals surface area contributed by atoms with Crippen molar-refractivity contribution in [3.63, 3.8) is 0 Å². The second-order valence-corrected chi connectivity index (χ2v) is 4.30. The number of aliphatic carboxylic acids is 1. The first-order valence-electron chi connectivity index (χ1n) is 5.96. The predicted molar refractivity (Wildman–Crippen MR) is 59.4 cm³/mol. The molecule has 1 saturated carbocycles. The molecule has 0 bridgehead atoms. The Morgan fingerprint density at radius 2 is 2.35 bits per heavy atom. The van der Waals surface area contributed by atoms with Crippen LogP contribution in [0.15, 0.2) is 4.52 Å². The summed E-state index contributed by atoms with van der Waals surface area (Å²) in [7, 11) is 0. The van der Waals surface area contributed by atoms with Gasteiger partial charge < -0.3 is 9.63 Å². The molecule has 1 aromatic heterocycles. The van der Waals surface area contributed by atoms with Crippen molar-refractivity contribution >= 4 is 5.97 Å². The van der Waals surface area contributed by atoms with Gasteiger partial charge in [0.2, 0.25) is 5.89 Å². The number of hydrogen-bond donors (Lipinski definition) is 1. The number of aromatic nitrogens is 2. The molecule has 0 unspecified atom stereocenters. The number of hydrogen-bond acceptors (Lipinski definition) is 5. The fraction of sp³-hybridized carbons (Fsp3) is 0.727. The topological polar surface area (TPSA) is 79.5 Å². The average molecular weight is 239 g/mol. The van der Waals surface area contributed by atoms with Crippen LogP contribution in [0.3, 0.4) is 0 Å². The minimum atomic E-state index is -0.768. The predicted octanol–water partition coefficient (Wildman–Crippen LogP) is 1.07. The van der Waals surface area contributed by atoms with Crippen molar-refractivity contribution in [3.8, 4) is 0 Å². The summed E-state index contributed by atoms with van der Waals surface area (Å²) in [5.74, 6) is 0.517. The van der Waals surface area contributed by atoms with Crippen molar-refractivity contribution in [2.24, 2.45) is 0 Å². The minimum Gasteiger partial charge on any atom is -0.481 e. The van der Waals surface area contributed by atoms with E-state index >= 15 is 0 Å². The monoisotopic (exact) mass is 239 g/mol. The molecule has 2 rings (SSSR count). The van der Waals surface area contributed by atoms with Crippen LogP contribution in [-0.4, -0.2) is 38.7 Å².